The molecule has 1 N–H and O–H groups in total. The summed E-state index contributed by atoms with van der Waals surface area (Å²) in [6, 6.07) is 20.2. The third kappa shape index (κ3) is 3.97. The van der Waals surface area contributed by atoms with Crippen LogP contribution in [0.15, 0.2) is 76.1 Å². The lowest BCUT2D eigenvalue weighted by molar-refractivity contribution is 0.0919. The fourth-order valence-electron chi connectivity index (χ4n) is 2.16. The molecule has 122 valence electrons. The van der Waals surface area contributed by atoms with Crippen molar-refractivity contribution in [3.8, 4) is 11.3 Å². The van der Waals surface area contributed by atoms with Gasteiger partial charge in [-0.25, -0.2) is 0 Å². The summed E-state index contributed by atoms with van der Waals surface area (Å²) < 4.78 is 17.2. The predicted octanol–water partition coefficient (Wildman–Crippen LogP) is 2.88. The number of aromatic nitrogens is 1. The second-order valence-electron chi connectivity index (χ2n) is 5.06. The van der Waals surface area contributed by atoms with E-state index < -0.39 is 10.8 Å². The molecule has 1 heterocycles. The Hall–Kier alpha value is -2.73. The number of carbonyl (C=O) groups excluding carboxylic acids is 1. The second kappa shape index (κ2) is 7.70. The number of rotatable bonds is 6. The van der Waals surface area contributed by atoms with Crippen molar-refractivity contribution in [2.75, 3.05) is 12.3 Å². The van der Waals surface area contributed by atoms with Crippen molar-refractivity contribution in [2.24, 2.45) is 0 Å². The van der Waals surface area contributed by atoms with Crippen LogP contribution in [0.25, 0.3) is 11.3 Å². The number of benzene rings is 2. The molecule has 3 aromatic rings. The molecule has 3 rings (SSSR count). The Morgan fingerprint density at radius 2 is 1.71 bits per heavy atom. The van der Waals surface area contributed by atoms with Gasteiger partial charge >= 0.3 is 0 Å². The molecule has 6 heteroatoms. The van der Waals surface area contributed by atoms with Gasteiger partial charge < -0.3 is 9.84 Å². The standard InChI is InChI=1S/C18H16N2O3S/c21-18(19-11-12-24(22)15-9-5-2-6-10-15)17-13-16(20-23-17)14-7-3-1-4-8-14/h1-10,13H,11-12H2,(H,19,21). The number of amides is 1. The fourth-order valence-corrected chi connectivity index (χ4v) is 3.15. The summed E-state index contributed by atoms with van der Waals surface area (Å²) in [5.41, 5.74) is 1.49. The minimum Gasteiger partial charge on any atom is -0.350 e. The van der Waals surface area contributed by atoms with Crippen LogP contribution in [-0.2, 0) is 10.8 Å². The van der Waals surface area contributed by atoms with Crippen LogP contribution in [0.2, 0.25) is 0 Å². The number of hydrogen-bond donors (Lipinski definition) is 1. The Morgan fingerprint density at radius 3 is 2.42 bits per heavy atom. The van der Waals surface area contributed by atoms with Crippen LogP contribution in [-0.4, -0.2) is 27.6 Å². The van der Waals surface area contributed by atoms with E-state index in [4.69, 9.17) is 4.52 Å². The molecular formula is C18H16N2O3S. The van der Waals surface area contributed by atoms with Gasteiger partial charge in [0.15, 0.2) is 0 Å². The van der Waals surface area contributed by atoms with E-state index in [0.717, 1.165) is 10.5 Å². The number of nitrogens with one attached hydrogen (secondary N) is 1. The van der Waals surface area contributed by atoms with E-state index >= 15 is 0 Å². The molecule has 0 aliphatic rings. The largest absolute Gasteiger partial charge is 0.350 e. The molecule has 0 saturated heterocycles. The highest BCUT2D eigenvalue weighted by atomic mass is 32.2. The highest BCUT2D eigenvalue weighted by Gasteiger charge is 2.14. The maximum atomic E-state index is 12.1. The summed E-state index contributed by atoms with van der Waals surface area (Å²) in [4.78, 5) is 12.8. The molecule has 0 spiro atoms. The van der Waals surface area contributed by atoms with Gasteiger partial charge in [0.1, 0.15) is 5.69 Å². The van der Waals surface area contributed by atoms with E-state index in [-0.39, 0.29) is 11.7 Å². The van der Waals surface area contributed by atoms with E-state index in [9.17, 15) is 9.00 Å². The number of hydrogen-bond acceptors (Lipinski definition) is 4. The zero-order chi connectivity index (χ0) is 16.8. The van der Waals surface area contributed by atoms with E-state index in [1.165, 1.54) is 0 Å². The van der Waals surface area contributed by atoms with Crippen LogP contribution in [0.1, 0.15) is 10.6 Å². The van der Waals surface area contributed by atoms with Crippen LogP contribution in [0, 0.1) is 0 Å². The van der Waals surface area contributed by atoms with E-state index in [2.05, 4.69) is 10.5 Å². The molecule has 0 saturated carbocycles. The third-order valence-corrected chi connectivity index (χ3v) is 4.76. The van der Waals surface area contributed by atoms with Gasteiger partial charge in [-0.1, -0.05) is 53.7 Å². The summed E-state index contributed by atoms with van der Waals surface area (Å²) in [5, 5.41) is 6.60. The average Bonchev–Trinajstić information content (AvgIpc) is 3.13. The minimum absolute atomic E-state index is 0.138. The predicted molar refractivity (Wildman–Crippen MR) is 92.0 cm³/mol. The Labute approximate surface area is 142 Å². The Bertz CT molecular complexity index is 832. The van der Waals surface area contributed by atoms with Crippen LogP contribution >= 0.6 is 0 Å². The molecular weight excluding hydrogens is 324 g/mol. The highest BCUT2D eigenvalue weighted by molar-refractivity contribution is 7.85. The number of nitrogens with zero attached hydrogens (tertiary/aromatic N) is 1. The topological polar surface area (TPSA) is 72.2 Å². The quantitative estimate of drug-likeness (QED) is 0.749. The molecule has 1 atom stereocenters. The van der Waals surface area contributed by atoms with Crippen molar-refractivity contribution in [3.63, 3.8) is 0 Å². The van der Waals surface area contributed by atoms with Crippen LogP contribution in [0.5, 0.6) is 0 Å². The van der Waals surface area contributed by atoms with Gasteiger partial charge in [-0.15, -0.1) is 0 Å². The van der Waals surface area contributed by atoms with Gasteiger partial charge in [-0.3, -0.25) is 9.00 Å². The fraction of sp³-hybridized carbons (Fsp3) is 0.111. The maximum absolute atomic E-state index is 12.1. The van der Waals surface area contributed by atoms with Crippen LogP contribution in [0.3, 0.4) is 0 Å². The SMILES string of the molecule is O=C(NCCS(=O)c1ccccc1)c1cc(-c2ccccc2)no1. The molecule has 24 heavy (non-hydrogen) atoms. The average molecular weight is 340 g/mol. The van der Waals surface area contributed by atoms with Crippen LogP contribution < -0.4 is 5.32 Å². The Kier molecular flexibility index (Phi) is 5.18. The van der Waals surface area contributed by atoms with E-state index in [0.29, 0.717) is 18.0 Å². The van der Waals surface area contributed by atoms with Gasteiger partial charge in [0.2, 0.25) is 5.76 Å². The smallest absolute Gasteiger partial charge is 0.289 e. The normalized spacial score (nSPS) is 11.8. The van der Waals surface area contributed by atoms with Crippen molar-refractivity contribution >= 4 is 16.7 Å². The first-order chi connectivity index (χ1) is 11.7. The van der Waals surface area contributed by atoms with Gasteiger partial charge in [0, 0.05) is 28.8 Å². The third-order valence-electron chi connectivity index (χ3n) is 3.38. The van der Waals surface area contributed by atoms with Gasteiger partial charge in [-0.2, -0.15) is 0 Å². The van der Waals surface area contributed by atoms with Gasteiger partial charge in [0.25, 0.3) is 5.91 Å². The maximum Gasteiger partial charge on any atom is 0.289 e. The molecule has 5 nitrogen and oxygen atoms in total. The minimum atomic E-state index is -1.14. The molecule has 0 aliphatic heterocycles. The Balaban J connectivity index is 1.54. The first-order valence-corrected chi connectivity index (χ1v) is 8.80. The zero-order valence-corrected chi connectivity index (χ0v) is 13.7. The van der Waals surface area contributed by atoms with Crippen molar-refractivity contribution in [3.05, 3.63) is 72.5 Å². The van der Waals surface area contributed by atoms with E-state index in [1.54, 1.807) is 18.2 Å². The number of carbonyl (C=O) groups is 1. The molecule has 0 radical (unpaired) electrons. The van der Waals surface area contributed by atoms with Gasteiger partial charge in [-0.05, 0) is 12.1 Å². The summed E-state index contributed by atoms with van der Waals surface area (Å²) in [6.45, 7) is 0.293. The molecule has 2 aromatic carbocycles. The molecule has 0 bridgehead atoms. The summed E-state index contributed by atoms with van der Waals surface area (Å²) >= 11 is 0. The van der Waals surface area contributed by atoms with Crippen LogP contribution in [0.4, 0.5) is 0 Å². The van der Waals surface area contributed by atoms with Crippen molar-refractivity contribution in [2.45, 2.75) is 4.90 Å². The molecule has 1 aromatic heterocycles. The van der Waals surface area contributed by atoms with Crippen molar-refractivity contribution in [1.29, 1.82) is 0 Å². The summed E-state index contributed by atoms with van der Waals surface area (Å²) in [5.74, 6) is 0.115. The summed E-state index contributed by atoms with van der Waals surface area (Å²) in [6.07, 6.45) is 0. The monoisotopic (exact) mass is 340 g/mol. The zero-order valence-electron chi connectivity index (χ0n) is 12.8. The Morgan fingerprint density at radius 1 is 1.04 bits per heavy atom. The first-order valence-electron chi connectivity index (χ1n) is 7.48. The summed E-state index contributed by atoms with van der Waals surface area (Å²) in [7, 11) is -1.14. The van der Waals surface area contributed by atoms with Crippen molar-refractivity contribution < 1.29 is 13.5 Å². The molecule has 1 unspecified atom stereocenters. The van der Waals surface area contributed by atoms with E-state index in [1.807, 2.05) is 48.5 Å². The molecule has 0 aliphatic carbocycles. The lowest BCUT2D eigenvalue weighted by Gasteiger charge is -2.03. The lowest BCUT2D eigenvalue weighted by Crippen LogP contribution is -2.27. The highest BCUT2D eigenvalue weighted by Crippen LogP contribution is 2.18. The molecule has 1 amide bonds. The molecule has 0 fully saturated rings. The second-order valence-corrected chi connectivity index (χ2v) is 6.63. The lowest BCUT2D eigenvalue weighted by atomic mass is 10.1. The van der Waals surface area contributed by atoms with Crippen molar-refractivity contribution in [1.82, 2.24) is 10.5 Å². The van der Waals surface area contributed by atoms with Gasteiger partial charge in [0.05, 0.1) is 10.8 Å². The first kappa shape index (κ1) is 16.1.